The maximum atomic E-state index is 12.2. The molecule has 1 aliphatic heterocycles. The van der Waals surface area contributed by atoms with Gasteiger partial charge in [-0.15, -0.1) is 0 Å². The van der Waals surface area contributed by atoms with Gasteiger partial charge in [0.05, 0.1) is 4.92 Å². The Balaban J connectivity index is 2.02. The monoisotopic (exact) mass is 340 g/mol. The van der Waals surface area contributed by atoms with Crippen molar-refractivity contribution in [3.63, 3.8) is 0 Å². The predicted octanol–water partition coefficient (Wildman–Crippen LogP) is 1.87. The van der Waals surface area contributed by atoms with Gasteiger partial charge in [0.25, 0.3) is 11.6 Å². The van der Waals surface area contributed by atoms with E-state index < -0.39 is 34.1 Å². The quantitative estimate of drug-likeness (QED) is 0.496. The highest BCUT2D eigenvalue weighted by atomic mass is 16.6. The van der Waals surface area contributed by atoms with Crippen molar-refractivity contribution in [2.24, 2.45) is 0 Å². The molecule has 1 aliphatic rings. The summed E-state index contributed by atoms with van der Waals surface area (Å²) >= 11 is 0. The third-order valence-electron chi connectivity index (χ3n) is 3.79. The zero-order valence-electron chi connectivity index (χ0n) is 13.0. The van der Waals surface area contributed by atoms with Gasteiger partial charge in [-0.25, -0.2) is 0 Å². The number of benzene rings is 1. The summed E-state index contributed by atoms with van der Waals surface area (Å²) in [6.45, 7) is 1.24. The van der Waals surface area contributed by atoms with Gasteiger partial charge in [-0.1, -0.05) is 0 Å². The first-order valence-corrected chi connectivity index (χ1v) is 7.23. The van der Waals surface area contributed by atoms with Crippen molar-refractivity contribution < 1.29 is 19.3 Å². The first-order valence-electron chi connectivity index (χ1n) is 7.23. The molecule has 0 bridgehead atoms. The van der Waals surface area contributed by atoms with Crippen LogP contribution < -0.4 is 10.6 Å². The van der Waals surface area contributed by atoms with Gasteiger partial charge in [0.15, 0.2) is 0 Å². The minimum absolute atomic E-state index is 0.0740. The summed E-state index contributed by atoms with van der Waals surface area (Å²) < 4.78 is 0. The van der Waals surface area contributed by atoms with E-state index in [2.05, 4.69) is 15.6 Å². The second-order valence-corrected chi connectivity index (χ2v) is 5.44. The molecule has 9 heteroatoms. The molecule has 3 rings (SSSR count). The molecular formula is C16H12N4O5. The maximum Gasteiger partial charge on any atom is 0.293 e. The Hall–Kier alpha value is -3.62. The summed E-state index contributed by atoms with van der Waals surface area (Å²) in [5.41, 5.74) is 0.293. The number of hydrogen-bond acceptors (Lipinski definition) is 6. The van der Waals surface area contributed by atoms with Crippen LogP contribution in [0.15, 0.2) is 36.7 Å². The average molecular weight is 340 g/mol. The fourth-order valence-electron chi connectivity index (χ4n) is 2.65. The highest BCUT2D eigenvalue weighted by Gasteiger charge is 2.36. The van der Waals surface area contributed by atoms with Gasteiger partial charge in [0, 0.05) is 35.3 Å². The van der Waals surface area contributed by atoms with Gasteiger partial charge in [-0.3, -0.25) is 29.5 Å². The Morgan fingerprint density at radius 3 is 2.56 bits per heavy atom. The van der Waals surface area contributed by atoms with Crippen molar-refractivity contribution in [1.82, 2.24) is 4.98 Å². The molecule has 0 saturated heterocycles. The Labute approximate surface area is 141 Å². The molecule has 2 heterocycles. The fourth-order valence-corrected chi connectivity index (χ4v) is 2.65. The predicted molar refractivity (Wildman–Crippen MR) is 87.3 cm³/mol. The topological polar surface area (TPSA) is 131 Å². The first-order chi connectivity index (χ1) is 11.9. The van der Waals surface area contributed by atoms with E-state index in [1.807, 2.05) is 0 Å². The smallest absolute Gasteiger partial charge is 0.293 e. The Kier molecular flexibility index (Phi) is 3.97. The van der Waals surface area contributed by atoms with Gasteiger partial charge < -0.3 is 10.6 Å². The highest BCUT2D eigenvalue weighted by molar-refractivity contribution is 6.17. The third-order valence-corrected chi connectivity index (χ3v) is 3.79. The Morgan fingerprint density at radius 2 is 1.96 bits per heavy atom. The van der Waals surface area contributed by atoms with E-state index in [4.69, 9.17) is 0 Å². The number of fused-ring (bicyclic) bond motifs is 1. The molecule has 1 aromatic heterocycles. The van der Waals surface area contributed by atoms with Gasteiger partial charge in [-0.05, 0) is 25.1 Å². The molecule has 2 aromatic rings. The molecule has 9 nitrogen and oxygen atoms in total. The van der Waals surface area contributed by atoms with Crippen LogP contribution in [-0.2, 0) is 9.59 Å². The van der Waals surface area contributed by atoms with Gasteiger partial charge in [-0.2, -0.15) is 0 Å². The number of amides is 2. The molecule has 1 aromatic carbocycles. The number of ketones is 1. The standard InChI is InChI=1S/C16H12N4O5/c1-8(21)14-10-6-13(20(24)25)12(7-11(10)18-16(14)23)19-15(22)9-2-4-17-5-3-9/h2-7,14H,1H3,(H,18,23)(H,19,22). The van der Waals surface area contributed by atoms with Crippen molar-refractivity contribution in [2.75, 3.05) is 10.6 Å². The normalized spacial score (nSPS) is 15.2. The van der Waals surface area contributed by atoms with E-state index in [1.165, 1.54) is 37.5 Å². The third kappa shape index (κ3) is 2.94. The molecule has 1 atom stereocenters. The lowest BCUT2D eigenvalue weighted by atomic mass is 9.96. The van der Waals surface area contributed by atoms with Crippen molar-refractivity contribution in [3.05, 3.63) is 57.9 Å². The lowest BCUT2D eigenvalue weighted by molar-refractivity contribution is -0.384. The maximum absolute atomic E-state index is 12.2. The number of hydrogen-bond donors (Lipinski definition) is 2. The molecule has 0 spiro atoms. The number of anilines is 2. The summed E-state index contributed by atoms with van der Waals surface area (Å²) in [4.78, 5) is 50.2. The van der Waals surface area contributed by atoms with Gasteiger partial charge in [0.2, 0.25) is 5.91 Å². The molecule has 1 unspecified atom stereocenters. The second kappa shape index (κ2) is 6.11. The van der Waals surface area contributed by atoms with Crippen molar-refractivity contribution >= 4 is 34.7 Å². The number of nitro benzene ring substituents is 1. The van der Waals surface area contributed by atoms with E-state index in [0.717, 1.165) is 6.07 Å². The number of carbonyl (C=O) groups is 3. The zero-order valence-corrected chi connectivity index (χ0v) is 13.0. The van der Waals surface area contributed by atoms with Crippen LogP contribution in [-0.4, -0.2) is 27.5 Å². The molecule has 0 radical (unpaired) electrons. The Bertz CT molecular complexity index is 910. The van der Waals surface area contributed by atoms with Crippen LogP contribution in [0.3, 0.4) is 0 Å². The number of rotatable bonds is 4. The lowest BCUT2D eigenvalue weighted by Gasteiger charge is -2.09. The number of nitro groups is 1. The van der Waals surface area contributed by atoms with Crippen LogP contribution in [0, 0.1) is 10.1 Å². The van der Waals surface area contributed by atoms with Crippen LogP contribution in [0.5, 0.6) is 0 Å². The number of Topliss-reactive ketones (excluding diaryl/α,β-unsaturated/α-hetero) is 1. The van der Waals surface area contributed by atoms with E-state index >= 15 is 0 Å². The van der Waals surface area contributed by atoms with Crippen molar-refractivity contribution in [3.8, 4) is 0 Å². The number of nitrogens with one attached hydrogen (secondary N) is 2. The van der Waals surface area contributed by atoms with Gasteiger partial charge in [0.1, 0.15) is 17.4 Å². The van der Waals surface area contributed by atoms with E-state index in [-0.39, 0.29) is 22.5 Å². The highest BCUT2D eigenvalue weighted by Crippen LogP contribution is 2.40. The summed E-state index contributed by atoms with van der Waals surface area (Å²) in [6, 6.07) is 5.35. The largest absolute Gasteiger partial charge is 0.325 e. The first kappa shape index (κ1) is 16.2. The van der Waals surface area contributed by atoms with Crippen LogP contribution >= 0.6 is 0 Å². The second-order valence-electron chi connectivity index (χ2n) is 5.44. The zero-order chi connectivity index (χ0) is 18.1. The molecule has 2 N–H and O–H groups in total. The molecule has 0 saturated carbocycles. The van der Waals surface area contributed by atoms with E-state index in [1.54, 1.807) is 0 Å². The molecule has 2 amide bonds. The average Bonchev–Trinajstić information content (AvgIpc) is 2.89. The Morgan fingerprint density at radius 1 is 1.28 bits per heavy atom. The van der Waals surface area contributed by atoms with Crippen molar-refractivity contribution in [1.29, 1.82) is 0 Å². The fraction of sp³-hybridized carbons (Fsp3) is 0.125. The minimum atomic E-state index is -1.08. The van der Waals surface area contributed by atoms with Crippen molar-refractivity contribution in [2.45, 2.75) is 12.8 Å². The molecular weight excluding hydrogens is 328 g/mol. The number of carbonyl (C=O) groups excluding carboxylic acids is 3. The van der Waals surface area contributed by atoms with Crippen LogP contribution in [0.25, 0.3) is 0 Å². The number of aromatic nitrogens is 1. The number of nitrogens with zero attached hydrogens (tertiary/aromatic N) is 2. The van der Waals surface area contributed by atoms with Crippen LogP contribution in [0.1, 0.15) is 28.8 Å². The minimum Gasteiger partial charge on any atom is -0.325 e. The summed E-state index contributed by atoms with van der Waals surface area (Å²) in [7, 11) is 0. The van der Waals surface area contributed by atoms with Gasteiger partial charge >= 0.3 is 0 Å². The van der Waals surface area contributed by atoms with Crippen LogP contribution in [0.4, 0.5) is 17.1 Å². The molecule has 126 valence electrons. The summed E-state index contributed by atoms with van der Waals surface area (Å²) in [6.07, 6.45) is 2.84. The van der Waals surface area contributed by atoms with E-state index in [0.29, 0.717) is 0 Å². The van der Waals surface area contributed by atoms with E-state index in [9.17, 15) is 24.5 Å². The lowest BCUT2D eigenvalue weighted by Crippen LogP contribution is -2.18. The molecule has 0 fully saturated rings. The molecule has 0 aliphatic carbocycles. The summed E-state index contributed by atoms with van der Waals surface area (Å²) in [5.74, 6) is -2.61. The van der Waals surface area contributed by atoms with Crippen LogP contribution in [0.2, 0.25) is 0 Å². The summed E-state index contributed by atoms with van der Waals surface area (Å²) in [5, 5.41) is 16.3. The number of pyridine rings is 1. The molecule has 25 heavy (non-hydrogen) atoms. The SMILES string of the molecule is CC(=O)C1C(=O)Nc2cc(NC(=O)c3ccncc3)c([N+](=O)[O-])cc21.